The van der Waals surface area contributed by atoms with Crippen LogP contribution in [0.5, 0.6) is 0 Å². The van der Waals surface area contributed by atoms with Crippen LogP contribution in [-0.2, 0) is 4.79 Å². The van der Waals surface area contributed by atoms with Crippen LogP contribution in [-0.4, -0.2) is 21.3 Å². The van der Waals surface area contributed by atoms with Gasteiger partial charge in [0.05, 0.1) is 6.20 Å². The molecule has 88 valence electrons. The standard InChI is InChI=1S/C13H14N2O2/c1-9(7-12(16)17)11-8-14-15-13(11)10-5-3-2-4-6-10/h2-5,7-8,10H,6H2,1H3,(H,14,15)(H,16,17)/b9-7+. The maximum atomic E-state index is 10.7. The summed E-state index contributed by atoms with van der Waals surface area (Å²) in [6, 6.07) is 0. The summed E-state index contributed by atoms with van der Waals surface area (Å²) in [5.74, 6) is -0.691. The molecule has 17 heavy (non-hydrogen) atoms. The molecule has 2 N–H and O–H groups in total. The predicted octanol–water partition coefficient (Wildman–Crippen LogP) is 2.50. The monoisotopic (exact) mass is 230 g/mol. The summed E-state index contributed by atoms with van der Waals surface area (Å²) in [5, 5.41) is 15.7. The zero-order valence-corrected chi connectivity index (χ0v) is 9.55. The number of nitrogens with zero attached hydrogens (tertiary/aromatic N) is 1. The molecule has 0 radical (unpaired) electrons. The number of rotatable bonds is 3. The minimum absolute atomic E-state index is 0.245. The highest BCUT2D eigenvalue weighted by molar-refractivity contribution is 5.89. The van der Waals surface area contributed by atoms with E-state index in [1.54, 1.807) is 13.1 Å². The molecule has 2 rings (SSSR count). The molecule has 0 amide bonds. The second kappa shape index (κ2) is 4.82. The summed E-state index contributed by atoms with van der Waals surface area (Å²) in [6.07, 6.45) is 12.0. The second-order valence-corrected chi connectivity index (χ2v) is 4.02. The van der Waals surface area contributed by atoms with Crippen LogP contribution in [0.4, 0.5) is 0 Å². The molecule has 1 aromatic heterocycles. The normalized spacial score (nSPS) is 19.6. The Kier molecular flexibility index (Phi) is 3.23. The van der Waals surface area contributed by atoms with Gasteiger partial charge in [-0.15, -0.1) is 0 Å². The first-order valence-corrected chi connectivity index (χ1v) is 5.46. The SMILES string of the molecule is C/C(=C\C(=O)O)c1cn[nH]c1C1C=CC=CC1. The Morgan fingerprint density at radius 2 is 2.41 bits per heavy atom. The third kappa shape index (κ3) is 2.53. The predicted molar refractivity (Wildman–Crippen MR) is 65.5 cm³/mol. The number of aliphatic carboxylic acids is 1. The number of carbonyl (C=O) groups is 1. The van der Waals surface area contributed by atoms with Crippen LogP contribution in [0, 0.1) is 0 Å². The molecule has 0 aromatic carbocycles. The largest absolute Gasteiger partial charge is 0.478 e. The van der Waals surface area contributed by atoms with E-state index in [0.29, 0.717) is 5.57 Å². The number of hydrogen-bond donors (Lipinski definition) is 2. The molecule has 0 fully saturated rings. The minimum Gasteiger partial charge on any atom is -0.478 e. The van der Waals surface area contributed by atoms with Gasteiger partial charge in [-0.05, 0) is 18.9 Å². The van der Waals surface area contributed by atoms with E-state index in [2.05, 4.69) is 22.3 Å². The van der Waals surface area contributed by atoms with Gasteiger partial charge in [0.25, 0.3) is 0 Å². The second-order valence-electron chi connectivity index (χ2n) is 4.02. The van der Waals surface area contributed by atoms with Crippen LogP contribution in [0.3, 0.4) is 0 Å². The van der Waals surface area contributed by atoms with Gasteiger partial charge in [-0.2, -0.15) is 5.10 Å². The first-order valence-electron chi connectivity index (χ1n) is 5.46. The highest BCUT2D eigenvalue weighted by Gasteiger charge is 2.16. The highest BCUT2D eigenvalue weighted by atomic mass is 16.4. The third-order valence-electron chi connectivity index (χ3n) is 2.79. The van der Waals surface area contributed by atoms with Gasteiger partial charge < -0.3 is 5.11 Å². The van der Waals surface area contributed by atoms with Crippen LogP contribution < -0.4 is 0 Å². The van der Waals surface area contributed by atoms with Gasteiger partial charge in [-0.3, -0.25) is 5.10 Å². The maximum absolute atomic E-state index is 10.7. The number of H-pyrrole nitrogens is 1. The van der Waals surface area contributed by atoms with Crippen molar-refractivity contribution in [2.24, 2.45) is 0 Å². The first-order chi connectivity index (χ1) is 8.18. The lowest BCUT2D eigenvalue weighted by atomic mass is 9.92. The molecule has 0 bridgehead atoms. The highest BCUT2D eigenvalue weighted by Crippen LogP contribution is 2.29. The fourth-order valence-electron chi connectivity index (χ4n) is 1.95. The van der Waals surface area contributed by atoms with E-state index in [1.807, 2.05) is 12.2 Å². The lowest BCUT2D eigenvalue weighted by Crippen LogP contribution is -2.00. The van der Waals surface area contributed by atoms with Gasteiger partial charge in [0, 0.05) is 23.3 Å². The van der Waals surface area contributed by atoms with Crippen molar-refractivity contribution in [3.63, 3.8) is 0 Å². The Bertz CT molecular complexity index is 509. The number of nitrogens with one attached hydrogen (secondary N) is 1. The van der Waals surface area contributed by atoms with E-state index in [0.717, 1.165) is 17.7 Å². The molecule has 1 aliphatic carbocycles. The number of hydrogen-bond acceptors (Lipinski definition) is 2. The van der Waals surface area contributed by atoms with Crippen molar-refractivity contribution in [1.29, 1.82) is 0 Å². The summed E-state index contributed by atoms with van der Waals surface area (Å²) < 4.78 is 0. The molecule has 4 heteroatoms. The average molecular weight is 230 g/mol. The van der Waals surface area contributed by atoms with Crippen LogP contribution in [0.1, 0.15) is 30.5 Å². The van der Waals surface area contributed by atoms with Crippen molar-refractivity contribution in [2.75, 3.05) is 0 Å². The Balaban J connectivity index is 2.31. The first kappa shape index (κ1) is 11.4. The quantitative estimate of drug-likeness (QED) is 0.784. The molecule has 0 saturated heterocycles. The van der Waals surface area contributed by atoms with Crippen molar-refractivity contribution in [3.05, 3.63) is 47.8 Å². The minimum atomic E-state index is -0.936. The number of aromatic nitrogens is 2. The summed E-state index contributed by atoms with van der Waals surface area (Å²) >= 11 is 0. The Hall–Kier alpha value is -2.10. The lowest BCUT2D eigenvalue weighted by Gasteiger charge is -2.13. The van der Waals surface area contributed by atoms with Crippen molar-refractivity contribution in [1.82, 2.24) is 10.2 Å². The van der Waals surface area contributed by atoms with Gasteiger partial charge in [-0.25, -0.2) is 4.79 Å². The summed E-state index contributed by atoms with van der Waals surface area (Å²) in [7, 11) is 0. The molecule has 1 unspecified atom stereocenters. The molecule has 4 nitrogen and oxygen atoms in total. The van der Waals surface area contributed by atoms with E-state index in [1.165, 1.54) is 6.08 Å². The Morgan fingerprint density at radius 3 is 3.06 bits per heavy atom. The van der Waals surface area contributed by atoms with E-state index < -0.39 is 5.97 Å². The van der Waals surface area contributed by atoms with Crippen molar-refractivity contribution >= 4 is 11.5 Å². The molecule has 1 aromatic rings. The van der Waals surface area contributed by atoms with Gasteiger partial charge >= 0.3 is 5.97 Å². The van der Waals surface area contributed by atoms with Crippen molar-refractivity contribution in [3.8, 4) is 0 Å². The van der Waals surface area contributed by atoms with Crippen LogP contribution in [0.15, 0.2) is 36.6 Å². The molecular formula is C13H14N2O2. The molecule has 0 spiro atoms. The molecule has 0 saturated carbocycles. The zero-order chi connectivity index (χ0) is 12.3. The van der Waals surface area contributed by atoms with Gasteiger partial charge in [-0.1, -0.05) is 24.3 Å². The van der Waals surface area contributed by atoms with Gasteiger partial charge in [0.15, 0.2) is 0 Å². The third-order valence-corrected chi connectivity index (χ3v) is 2.79. The molecular weight excluding hydrogens is 216 g/mol. The van der Waals surface area contributed by atoms with E-state index in [-0.39, 0.29) is 5.92 Å². The lowest BCUT2D eigenvalue weighted by molar-refractivity contribution is -0.131. The number of aromatic amines is 1. The summed E-state index contributed by atoms with van der Waals surface area (Å²) in [6.45, 7) is 1.78. The molecule has 1 atom stereocenters. The topological polar surface area (TPSA) is 66.0 Å². The van der Waals surface area contributed by atoms with Gasteiger partial charge in [0.2, 0.25) is 0 Å². The number of carboxylic acid groups (broad SMARTS) is 1. The fraction of sp³-hybridized carbons (Fsp3) is 0.231. The van der Waals surface area contributed by atoms with E-state index in [9.17, 15) is 4.79 Å². The number of allylic oxidation sites excluding steroid dienone is 5. The van der Waals surface area contributed by atoms with Crippen LogP contribution >= 0.6 is 0 Å². The molecule has 1 aliphatic rings. The fourth-order valence-corrected chi connectivity index (χ4v) is 1.95. The summed E-state index contributed by atoms with van der Waals surface area (Å²) in [5.41, 5.74) is 2.56. The van der Waals surface area contributed by atoms with Crippen molar-refractivity contribution < 1.29 is 9.90 Å². The van der Waals surface area contributed by atoms with Crippen molar-refractivity contribution in [2.45, 2.75) is 19.3 Å². The molecule has 1 heterocycles. The van der Waals surface area contributed by atoms with E-state index in [4.69, 9.17) is 5.11 Å². The van der Waals surface area contributed by atoms with Gasteiger partial charge in [0.1, 0.15) is 0 Å². The zero-order valence-electron chi connectivity index (χ0n) is 9.55. The molecule has 0 aliphatic heterocycles. The Morgan fingerprint density at radius 1 is 1.59 bits per heavy atom. The van der Waals surface area contributed by atoms with Crippen LogP contribution in [0.2, 0.25) is 0 Å². The number of carboxylic acids is 1. The average Bonchev–Trinajstić information content (AvgIpc) is 2.78. The van der Waals surface area contributed by atoms with Crippen LogP contribution in [0.25, 0.3) is 5.57 Å². The Labute approximate surface area is 99.4 Å². The maximum Gasteiger partial charge on any atom is 0.328 e. The summed E-state index contributed by atoms with van der Waals surface area (Å²) in [4.78, 5) is 10.7. The smallest absolute Gasteiger partial charge is 0.328 e. The van der Waals surface area contributed by atoms with E-state index >= 15 is 0 Å².